The fraction of sp³-hybridized carbons (Fsp3) is 0.636. The molecule has 8 nitrogen and oxygen atoms in total. The molecule has 1 aromatic rings. The van der Waals surface area contributed by atoms with E-state index in [9.17, 15) is 4.79 Å². The Labute approximate surface area is 111 Å². The van der Waals surface area contributed by atoms with E-state index in [4.69, 9.17) is 16.2 Å². The molecule has 0 unspecified atom stereocenters. The molecule has 2 rings (SSSR count). The highest BCUT2D eigenvalue weighted by molar-refractivity contribution is 5.74. The van der Waals surface area contributed by atoms with E-state index in [1.165, 1.54) is 7.11 Å². The van der Waals surface area contributed by atoms with Gasteiger partial charge in [-0.1, -0.05) is 0 Å². The van der Waals surface area contributed by atoms with E-state index in [1.807, 2.05) is 4.90 Å². The van der Waals surface area contributed by atoms with Crippen LogP contribution < -0.4 is 21.1 Å². The summed E-state index contributed by atoms with van der Waals surface area (Å²) >= 11 is 0. The SMILES string of the molecule is COc1nc(N)nc(N2CCC(CC(N)=O)CC2)n1. The lowest BCUT2D eigenvalue weighted by Gasteiger charge is -2.31. The molecule has 8 heteroatoms. The van der Waals surface area contributed by atoms with Gasteiger partial charge in [-0.2, -0.15) is 15.0 Å². The quantitative estimate of drug-likeness (QED) is 0.757. The van der Waals surface area contributed by atoms with Gasteiger partial charge in [0.25, 0.3) is 0 Å². The normalized spacial score (nSPS) is 16.4. The minimum absolute atomic E-state index is 0.140. The van der Waals surface area contributed by atoms with Crippen molar-refractivity contribution in [1.29, 1.82) is 0 Å². The first-order valence-corrected chi connectivity index (χ1v) is 6.17. The second kappa shape index (κ2) is 5.68. The molecular weight excluding hydrogens is 248 g/mol. The lowest BCUT2D eigenvalue weighted by Crippen LogP contribution is -2.36. The molecule has 1 aliphatic heterocycles. The number of carbonyl (C=O) groups is 1. The van der Waals surface area contributed by atoms with Crippen LogP contribution in [0.3, 0.4) is 0 Å². The minimum Gasteiger partial charge on any atom is -0.467 e. The van der Waals surface area contributed by atoms with Crippen LogP contribution in [0.5, 0.6) is 6.01 Å². The zero-order chi connectivity index (χ0) is 13.8. The molecule has 0 aromatic carbocycles. The number of hydrogen-bond acceptors (Lipinski definition) is 7. The summed E-state index contributed by atoms with van der Waals surface area (Å²) in [6.45, 7) is 1.54. The van der Waals surface area contributed by atoms with Crippen molar-refractivity contribution in [3.05, 3.63) is 0 Å². The van der Waals surface area contributed by atoms with Crippen molar-refractivity contribution in [3.8, 4) is 6.01 Å². The highest BCUT2D eigenvalue weighted by Crippen LogP contribution is 2.23. The van der Waals surface area contributed by atoms with E-state index >= 15 is 0 Å². The maximum atomic E-state index is 10.9. The Morgan fingerprint density at radius 2 is 2.05 bits per heavy atom. The van der Waals surface area contributed by atoms with Gasteiger partial charge in [0.1, 0.15) is 0 Å². The fourth-order valence-electron chi connectivity index (χ4n) is 2.22. The number of nitrogens with zero attached hydrogens (tertiary/aromatic N) is 4. The Kier molecular flexibility index (Phi) is 3.98. The highest BCUT2D eigenvalue weighted by Gasteiger charge is 2.23. The number of methoxy groups -OCH3 is 1. The van der Waals surface area contributed by atoms with Crippen LogP contribution in [0.4, 0.5) is 11.9 Å². The van der Waals surface area contributed by atoms with Crippen molar-refractivity contribution in [3.63, 3.8) is 0 Å². The number of anilines is 2. The number of amides is 1. The Bertz CT molecular complexity index is 458. The number of nitrogens with two attached hydrogens (primary N) is 2. The number of ether oxygens (including phenoxy) is 1. The smallest absolute Gasteiger partial charge is 0.322 e. The Morgan fingerprint density at radius 3 is 2.63 bits per heavy atom. The van der Waals surface area contributed by atoms with E-state index in [1.54, 1.807) is 0 Å². The van der Waals surface area contributed by atoms with Gasteiger partial charge in [0.2, 0.25) is 17.8 Å². The summed E-state index contributed by atoms with van der Waals surface area (Å²) in [4.78, 5) is 25.0. The van der Waals surface area contributed by atoms with Crippen LogP contribution in [0.1, 0.15) is 19.3 Å². The van der Waals surface area contributed by atoms with Gasteiger partial charge in [0.15, 0.2) is 0 Å². The van der Waals surface area contributed by atoms with E-state index in [2.05, 4.69) is 15.0 Å². The molecule has 1 saturated heterocycles. The lowest BCUT2D eigenvalue weighted by molar-refractivity contribution is -0.119. The molecule has 1 fully saturated rings. The third-order valence-corrected chi connectivity index (χ3v) is 3.19. The van der Waals surface area contributed by atoms with Crippen LogP contribution in [0.2, 0.25) is 0 Å². The maximum Gasteiger partial charge on any atom is 0.322 e. The van der Waals surface area contributed by atoms with Crippen molar-refractivity contribution in [1.82, 2.24) is 15.0 Å². The lowest BCUT2D eigenvalue weighted by atomic mass is 9.93. The van der Waals surface area contributed by atoms with Gasteiger partial charge in [0, 0.05) is 19.5 Å². The van der Waals surface area contributed by atoms with Gasteiger partial charge in [-0.25, -0.2) is 0 Å². The van der Waals surface area contributed by atoms with Gasteiger partial charge in [-0.05, 0) is 18.8 Å². The van der Waals surface area contributed by atoms with Crippen molar-refractivity contribution in [2.75, 3.05) is 30.8 Å². The molecule has 19 heavy (non-hydrogen) atoms. The van der Waals surface area contributed by atoms with E-state index in [-0.39, 0.29) is 17.9 Å². The summed E-state index contributed by atoms with van der Waals surface area (Å²) in [5.41, 5.74) is 10.8. The van der Waals surface area contributed by atoms with Gasteiger partial charge < -0.3 is 21.1 Å². The molecule has 0 saturated carbocycles. The number of rotatable bonds is 4. The van der Waals surface area contributed by atoms with Gasteiger partial charge >= 0.3 is 6.01 Å². The zero-order valence-corrected chi connectivity index (χ0v) is 10.9. The van der Waals surface area contributed by atoms with Crippen molar-refractivity contribution >= 4 is 17.8 Å². The molecule has 0 radical (unpaired) electrons. The van der Waals surface area contributed by atoms with Crippen molar-refractivity contribution in [2.45, 2.75) is 19.3 Å². The van der Waals surface area contributed by atoms with Gasteiger partial charge in [0.05, 0.1) is 7.11 Å². The van der Waals surface area contributed by atoms with Crippen LogP contribution in [0.15, 0.2) is 0 Å². The second-order valence-electron chi connectivity index (χ2n) is 4.58. The third-order valence-electron chi connectivity index (χ3n) is 3.19. The Hall–Kier alpha value is -2.12. The van der Waals surface area contributed by atoms with Crippen LogP contribution in [0, 0.1) is 5.92 Å². The molecule has 4 N–H and O–H groups in total. The molecule has 0 bridgehead atoms. The first-order chi connectivity index (χ1) is 9.08. The predicted octanol–water partition coefficient (Wildman–Crippen LogP) is -0.446. The molecule has 2 heterocycles. The summed E-state index contributed by atoms with van der Waals surface area (Å²) in [5.74, 6) is 0.752. The average molecular weight is 266 g/mol. The zero-order valence-electron chi connectivity index (χ0n) is 10.9. The summed E-state index contributed by atoms with van der Waals surface area (Å²) in [6.07, 6.45) is 2.21. The monoisotopic (exact) mass is 266 g/mol. The first-order valence-electron chi connectivity index (χ1n) is 6.17. The largest absolute Gasteiger partial charge is 0.467 e. The summed E-state index contributed by atoms with van der Waals surface area (Å²) in [5, 5.41) is 0. The highest BCUT2D eigenvalue weighted by atomic mass is 16.5. The van der Waals surface area contributed by atoms with Crippen LogP contribution in [-0.4, -0.2) is 41.1 Å². The molecule has 1 aromatic heterocycles. The summed E-state index contributed by atoms with van der Waals surface area (Å²) in [6, 6.07) is 0.210. The number of hydrogen-bond donors (Lipinski definition) is 2. The molecule has 104 valence electrons. The average Bonchev–Trinajstić information content (AvgIpc) is 2.38. The van der Waals surface area contributed by atoms with Crippen LogP contribution in [-0.2, 0) is 4.79 Å². The topological polar surface area (TPSA) is 120 Å². The third kappa shape index (κ3) is 3.43. The molecule has 1 aliphatic rings. The predicted molar refractivity (Wildman–Crippen MR) is 69.5 cm³/mol. The second-order valence-corrected chi connectivity index (χ2v) is 4.58. The van der Waals surface area contributed by atoms with E-state index < -0.39 is 0 Å². The standard InChI is InChI=1S/C11H18N6O2/c1-19-11-15-9(13)14-10(16-11)17-4-2-7(3-5-17)6-8(12)18/h7H,2-6H2,1H3,(H2,12,18)(H2,13,14,15,16). The van der Waals surface area contributed by atoms with Crippen molar-refractivity contribution in [2.24, 2.45) is 11.7 Å². The Morgan fingerprint density at radius 1 is 1.37 bits per heavy atom. The van der Waals surface area contributed by atoms with E-state index in [0.717, 1.165) is 25.9 Å². The molecule has 0 aliphatic carbocycles. The molecular formula is C11H18N6O2. The fourth-order valence-corrected chi connectivity index (χ4v) is 2.22. The number of carbonyl (C=O) groups excluding carboxylic acids is 1. The maximum absolute atomic E-state index is 10.9. The van der Waals surface area contributed by atoms with Crippen molar-refractivity contribution < 1.29 is 9.53 Å². The summed E-state index contributed by atoms with van der Waals surface area (Å²) < 4.78 is 4.97. The van der Waals surface area contributed by atoms with E-state index in [0.29, 0.717) is 18.3 Å². The number of aromatic nitrogens is 3. The molecule has 0 spiro atoms. The summed E-state index contributed by atoms with van der Waals surface area (Å²) in [7, 11) is 1.48. The number of piperidine rings is 1. The minimum atomic E-state index is -0.246. The molecule has 1 amide bonds. The number of nitrogen functional groups attached to an aromatic ring is 1. The molecule has 0 atom stereocenters. The Balaban J connectivity index is 2.01. The van der Waals surface area contributed by atoms with Crippen LogP contribution in [0.25, 0.3) is 0 Å². The van der Waals surface area contributed by atoms with Gasteiger partial charge in [-0.3, -0.25) is 4.79 Å². The van der Waals surface area contributed by atoms with Crippen LogP contribution >= 0.6 is 0 Å². The number of primary amides is 1. The van der Waals surface area contributed by atoms with Gasteiger partial charge in [-0.15, -0.1) is 0 Å². The first kappa shape index (κ1) is 13.3.